The lowest BCUT2D eigenvalue weighted by Gasteiger charge is -2.08. The Kier molecular flexibility index (Phi) is 5.58. The quantitative estimate of drug-likeness (QED) is 0.642. The van der Waals surface area contributed by atoms with Crippen molar-refractivity contribution < 1.29 is 14.3 Å². The highest BCUT2D eigenvalue weighted by atomic mass is 35.5. The van der Waals surface area contributed by atoms with Gasteiger partial charge in [-0.3, -0.25) is 4.79 Å². The maximum atomic E-state index is 12.4. The zero-order chi connectivity index (χ0) is 17.6. The molecular formula is C19H16ClNO3S. The van der Waals surface area contributed by atoms with Gasteiger partial charge in [0.15, 0.2) is 0 Å². The number of hydrogen-bond donors (Lipinski definition) is 1. The number of nitrogens with one attached hydrogen (secondary N) is 1. The van der Waals surface area contributed by atoms with Crippen LogP contribution in [0, 0.1) is 0 Å². The van der Waals surface area contributed by atoms with Crippen molar-refractivity contribution in [3.63, 3.8) is 0 Å². The van der Waals surface area contributed by atoms with Crippen LogP contribution < -0.4 is 14.8 Å². The molecule has 0 aliphatic carbocycles. The Morgan fingerprint density at radius 1 is 1.16 bits per heavy atom. The maximum Gasteiger partial charge on any atom is 0.265 e. The van der Waals surface area contributed by atoms with E-state index in [0.717, 1.165) is 11.3 Å². The summed E-state index contributed by atoms with van der Waals surface area (Å²) in [6.45, 7) is 0.389. The van der Waals surface area contributed by atoms with Gasteiger partial charge in [0.05, 0.1) is 17.7 Å². The van der Waals surface area contributed by atoms with Gasteiger partial charge in [-0.05, 0) is 47.8 Å². The van der Waals surface area contributed by atoms with E-state index in [0.29, 0.717) is 27.9 Å². The highest BCUT2D eigenvalue weighted by Gasteiger charge is 2.12. The molecule has 128 valence electrons. The molecule has 0 saturated carbocycles. The third-order valence-electron chi connectivity index (χ3n) is 3.45. The number of anilines is 1. The third-order valence-corrected chi connectivity index (χ3v) is 4.68. The monoisotopic (exact) mass is 373 g/mol. The van der Waals surface area contributed by atoms with Crippen molar-refractivity contribution in [2.45, 2.75) is 6.61 Å². The Morgan fingerprint density at radius 3 is 2.68 bits per heavy atom. The van der Waals surface area contributed by atoms with Crippen LogP contribution in [0.3, 0.4) is 0 Å². The molecule has 0 bridgehead atoms. The van der Waals surface area contributed by atoms with Crippen molar-refractivity contribution in [1.29, 1.82) is 0 Å². The number of carbonyl (C=O) groups excluding carboxylic acids is 1. The van der Waals surface area contributed by atoms with E-state index >= 15 is 0 Å². The number of ether oxygens (including phenoxy) is 2. The van der Waals surface area contributed by atoms with Crippen LogP contribution in [0.25, 0.3) is 0 Å². The summed E-state index contributed by atoms with van der Waals surface area (Å²) in [6, 6.07) is 16.3. The molecule has 0 aliphatic heterocycles. The predicted molar refractivity (Wildman–Crippen MR) is 101 cm³/mol. The van der Waals surface area contributed by atoms with Gasteiger partial charge in [0, 0.05) is 10.6 Å². The smallest absolute Gasteiger partial charge is 0.265 e. The van der Waals surface area contributed by atoms with Crippen molar-refractivity contribution in [3.8, 4) is 11.5 Å². The Morgan fingerprint density at radius 2 is 1.92 bits per heavy atom. The zero-order valence-electron chi connectivity index (χ0n) is 13.5. The number of hydrogen-bond acceptors (Lipinski definition) is 4. The number of benzene rings is 2. The Labute approximate surface area is 155 Å². The molecule has 6 heteroatoms. The van der Waals surface area contributed by atoms with E-state index in [-0.39, 0.29) is 5.91 Å². The summed E-state index contributed by atoms with van der Waals surface area (Å²) in [5.41, 5.74) is 1.58. The summed E-state index contributed by atoms with van der Waals surface area (Å²) in [7, 11) is 1.57. The summed E-state index contributed by atoms with van der Waals surface area (Å²) in [5, 5.41) is 5.44. The molecule has 0 fully saturated rings. The molecular weight excluding hydrogens is 358 g/mol. The first-order valence-electron chi connectivity index (χ1n) is 7.56. The Bertz CT molecular complexity index is 861. The number of thiophene rings is 1. The number of halogens is 1. The van der Waals surface area contributed by atoms with E-state index in [2.05, 4.69) is 5.32 Å². The summed E-state index contributed by atoms with van der Waals surface area (Å²) >= 11 is 7.22. The van der Waals surface area contributed by atoms with Gasteiger partial charge >= 0.3 is 0 Å². The molecule has 0 radical (unpaired) electrons. The van der Waals surface area contributed by atoms with E-state index < -0.39 is 0 Å². The van der Waals surface area contributed by atoms with E-state index in [1.165, 1.54) is 11.3 Å². The number of methoxy groups -OCH3 is 1. The first kappa shape index (κ1) is 17.3. The molecule has 1 heterocycles. The molecule has 3 rings (SSSR count). The minimum Gasteiger partial charge on any atom is -0.495 e. The van der Waals surface area contributed by atoms with Crippen molar-refractivity contribution in [2.24, 2.45) is 0 Å². The zero-order valence-corrected chi connectivity index (χ0v) is 15.1. The van der Waals surface area contributed by atoms with Gasteiger partial charge < -0.3 is 14.8 Å². The minimum absolute atomic E-state index is 0.174. The topological polar surface area (TPSA) is 47.6 Å². The second-order valence-corrected chi connectivity index (χ2v) is 6.56. The lowest BCUT2D eigenvalue weighted by Crippen LogP contribution is -2.11. The second-order valence-electron chi connectivity index (χ2n) is 5.22. The Balaban J connectivity index is 1.62. The second kappa shape index (κ2) is 8.05. The van der Waals surface area contributed by atoms with Crippen molar-refractivity contribution in [1.82, 2.24) is 0 Å². The first-order valence-corrected chi connectivity index (χ1v) is 8.81. The van der Waals surface area contributed by atoms with Crippen molar-refractivity contribution >= 4 is 34.5 Å². The fourth-order valence-corrected chi connectivity index (χ4v) is 3.12. The standard InChI is InChI=1S/C19H16ClNO3S/c1-23-17-5-3-2-4-16(17)21-19(22)18-10-13(12-25-18)11-24-15-8-6-14(20)7-9-15/h2-10,12H,11H2,1H3,(H,21,22). The molecule has 2 aromatic carbocycles. The normalized spacial score (nSPS) is 10.3. The molecule has 25 heavy (non-hydrogen) atoms. The van der Waals surface area contributed by atoms with E-state index in [9.17, 15) is 4.79 Å². The van der Waals surface area contributed by atoms with Crippen LogP contribution in [0.5, 0.6) is 11.5 Å². The fourth-order valence-electron chi connectivity index (χ4n) is 2.20. The van der Waals surface area contributed by atoms with Crippen LogP contribution >= 0.6 is 22.9 Å². The largest absolute Gasteiger partial charge is 0.495 e. The number of para-hydroxylation sites is 2. The summed E-state index contributed by atoms with van der Waals surface area (Å²) in [6.07, 6.45) is 0. The van der Waals surface area contributed by atoms with E-state index in [1.54, 1.807) is 31.4 Å². The molecule has 4 nitrogen and oxygen atoms in total. The Hall–Kier alpha value is -2.50. The lowest BCUT2D eigenvalue weighted by atomic mass is 10.2. The molecule has 1 aromatic heterocycles. The van der Waals surface area contributed by atoms with Crippen LogP contribution in [0.4, 0.5) is 5.69 Å². The fraction of sp³-hybridized carbons (Fsp3) is 0.105. The van der Waals surface area contributed by atoms with E-state index in [1.807, 2.05) is 35.7 Å². The summed E-state index contributed by atoms with van der Waals surface area (Å²) < 4.78 is 10.9. The molecule has 1 N–H and O–H groups in total. The van der Waals surface area contributed by atoms with Crippen LogP contribution in [-0.2, 0) is 6.61 Å². The molecule has 0 unspecified atom stereocenters. The van der Waals surface area contributed by atoms with Gasteiger partial charge in [-0.25, -0.2) is 0 Å². The molecule has 0 aliphatic rings. The van der Waals surface area contributed by atoms with Gasteiger partial charge in [0.2, 0.25) is 0 Å². The van der Waals surface area contributed by atoms with Gasteiger partial charge in [0.1, 0.15) is 18.1 Å². The molecule has 1 amide bonds. The maximum absolute atomic E-state index is 12.4. The summed E-state index contributed by atoms with van der Waals surface area (Å²) in [5.74, 6) is 1.18. The number of amides is 1. The van der Waals surface area contributed by atoms with Gasteiger partial charge in [-0.1, -0.05) is 23.7 Å². The van der Waals surface area contributed by atoms with Gasteiger partial charge in [0.25, 0.3) is 5.91 Å². The van der Waals surface area contributed by atoms with Gasteiger partial charge in [-0.15, -0.1) is 11.3 Å². The SMILES string of the molecule is COc1ccccc1NC(=O)c1cc(COc2ccc(Cl)cc2)cs1. The van der Waals surface area contributed by atoms with Crippen molar-refractivity contribution in [3.05, 3.63) is 75.4 Å². The average Bonchev–Trinajstić information content (AvgIpc) is 3.11. The summed E-state index contributed by atoms with van der Waals surface area (Å²) in [4.78, 5) is 13.0. The molecule has 0 spiro atoms. The molecule has 3 aromatic rings. The van der Waals surface area contributed by atoms with Crippen molar-refractivity contribution in [2.75, 3.05) is 12.4 Å². The first-order chi connectivity index (χ1) is 12.2. The molecule has 0 saturated heterocycles. The van der Waals surface area contributed by atoms with Crippen LogP contribution in [-0.4, -0.2) is 13.0 Å². The average molecular weight is 374 g/mol. The predicted octanol–water partition coefficient (Wildman–Crippen LogP) is 5.24. The highest BCUT2D eigenvalue weighted by Crippen LogP contribution is 2.25. The van der Waals surface area contributed by atoms with Gasteiger partial charge in [-0.2, -0.15) is 0 Å². The third kappa shape index (κ3) is 4.53. The van der Waals surface area contributed by atoms with Crippen LogP contribution in [0.2, 0.25) is 5.02 Å². The number of rotatable bonds is 6. The van der Waals surface area contributed by atoms with Crippen LogP contribution in [0.15, 0.2) is 60.0 Å². The minimum atomic E-state index is -0.174. The molecule has 0 atom stereocenters. The van der Waals surface area contributed by atoms with Crippen LogP contribution in [0.1, 0.15) is 15.2 Å². The lowest BCUT2D eigenvalue weighted by molar-refractivity contribution is 0.103. The number of carbonyl (C=O) groups is 1. The highest BCUT2D eigenvalue weighted by molar-refractivity contribution is 7.12. The van der Waals surface area contributed by atoms with E-state index in [4.69, 9.17) is 21.1 Å².